The van der Waals surface area contributed by atoms with Gasteiger partial charge in [0.25, 0.3) is 0 Å². The van der Waals surface area contributed by atoms with Crippen LogP contribution in [0.1, 0.15) is 23.8 Å². The molecule has 0 radical (unpaired) electrons. The maximum atomic E-state index is 13.5. The van der Waals surface area contributed by atoms with Crippen LogP contribution in [-0.4, -0.2) is 10.2 Å². The minimum atomic E-state index is -0.375. The third-order valence-corrected chi connectivity index (χ3v) is 2.42. The summed E-state index contributed by atoms with van der Waals surface area (Å²) in [5.41, 5.74) is 1.08. The molecule has 0 fully saturated rings. The molecule has 1 unspecified atom stereocenters. The van der Waals surface area contributed by atoms with E-state index in [-0.39, 0.29) is 17.2 Å². The monoisotopic (exact) mass is 255 g/mol. The van der Waals surface area contributed by atoms with E-state index in [1.165, 1.54) is 6.07 Å². The first kappa shape index (κ1) is 11.9. The Hall–Kier alpha value is -1.62. The van der Waals surface area contributed by atoms with Crippen LogP contribution in [0.3, 0.4) is 0 Å². The topological polar surface area (TPSA) is 51.0 Å². The van der Waals surface area contributed by atoms with Gasteiger partial charge in [-0.25, -0.2) is 4.39 Å². The molecule has 0 aliphatic carbocycles. The van der Waals surface area contributed by atoms with E-state index in [9.17, 15) is 4.39 Å². The number of benzene rings is 1. The van der Waals surface area contributed by atoms with Crippen molar-refractivity contribution in [2.45, 2.75) is 19.2 Å². The quantitative estimate of drug-likeness (QED) is 0.852. The lowest BCUT2D eigenvalue weighted by molar-refractivity contribution is 0.509. The molecule has 1 N–H and O–H groups in total. The molecule has 0 aliphatic rings. The highest BCUT2D eigenvalue weighted by Crippen LogP contribution is 2.25. The van der Waals surface area contributed by atoms with E-state index in [0.29, 0.717) is 11.6 Å². The van der Waals surface area contributed by atoms with Crippen molar-refractivity contribution in [3.63, 3.8) is 0 Å². The zero-order valence-electron chi connectivity index (χ0n) is 9.37. The standard InChI is InChI=1S/C11H11ClFN3O/c1-6-4-3-5-8(13)9(6)14-11-16-15-10(17-11)7(2)12/h3-5,7H,1-2H3,(H,14,16). The average molecular weight is 256 g/mol. The molecule has 1 heterocycles. The van der Waals surface area contributed by atoms with Gasteiger partial charge in [-0.2, -0.15) is 0 Å². The third-order valence-electron chi connectivity index (χ3n) is 2.23. The van der Waals surface area contributed by atoms with Crippen LogP contribution in [0, 0.1) is 12.7 Å². The van der Waals surface area contributed by atoms with Crippen molar-refractivity contribution in [3.8, 4) is 0 Å². The molecule has 0 bridgehead atoms. The predicted octanol–water partition coefficient (Wildman–Crippen LogP) is 3.56. The summed E-state index contributed by atoms with van der Waals surface area (Å²) in [6.45, 7) is 3.50. The molecule has 0 saturated heterocycles. The Labute approximate surface area is 103 Å². The van der Waals surface area contributed by atoms with E-state index in [1.54, 1.807) is 26.0 Å². The number of hydrogen-bond acceptors (Lipinski definition) is 4. The summed E-state index contributed by atoms with van der Waals surface area (Å²) in [6.07, 6.45) is 0. The van der Waals surface area contributed by atoms with E-state index in [0.717, 1.165) is 5.56 Å². The van der Waals surface area contributed by atoms with Gasteiger partial charge in [-0.1, -0.05) is 17.2 Å². The summed E-state index contributed by atoms with van der Waals surface area (Å²) >= 11 is 5.78. The molecule has 17 heavy (non-hydrogen) atoms. The van der Waals surface area contributed by atoms with Gasteiger partial charge < -0.3 is 9.73 Å². The molecule has 4 nitrogen and oxygen atoms in total. The summed E-state index contributed by atoms with van der Waals surface area (Å²) in [5, 5.41) is 9.84. The van der Waals surface area contributed by atoms with Crippen molar-refractivity contribution in [3.05, 3.63) is 35.5 Å². The van der Waals surface area contributed by atoms with E-state index < -0.39 is 0 Å². The fourth-order valence-electron chi connectivity index (χ4n) is 1.34. The van der Waals surface area contributed by atoms with Crippen LogP contribution in [0.5, 0.6) is 0 Å². The highest BCUT2D eigenvalue weighted by molar-refractivity contribution is 6.20. The molecule has 1 atom stereocenters. The lowest BCUT2D eigenvalue weighted by Crippen LogP contribution is -1.96. The smallest absolute Gasteiger partial charge is 0.320 e. The van der Waals surface area contributed by atoms with E-state index in [4.69, 9.17) is 16.0 Å². The molecular formula is C11H11ClFN3O. The fourth-order valence-corrected chi connectivity index (χ4v) is 1.43. The number of para-hydroxylation sites is 1. The van der Waals surface area contributed by atoms with Crippen LogP contribution in [0.4, 0.5) is 16.1 Å². The lowest BCUT2D eigenvalue weighted by atomic mass is 10.2. The molecule has 90 valence electrons. The molecule has 0 saturated carbocycles. The van der Waals surface area contributed by atoms with Crippen LogP contribution >= 0.6 is 11.6 Å². The number of nitrogens with zero attached hydrogens (tertiary/aromatic N) is 2. The third kappa shape index (κ3) is 2.55. The minimum Gasteiger partial charge on any atom is -0.406 e. The Morgan fingerprint density at radius 3 is 2.76 bits per heavy atom. The number of halogens is 2. The van der Waals surface area contributed by atoms with Gasteiger partial charge in [0.05, 0.1) is 5.69 Å². The van der Waals surface area contributed by atoms with Gasteiger partial charge in [0.15, 0.2) is 0 Å². The first-order chi connectivity index (χ1) is 8.08. The second kappa shape index (κ2) is 4.71. The van der Waals surface area contributed by atoms with Crippen LogP contribution < -0.4 is 5.32 Å². The number of rotatable bonds is 3. The largest absolute Gasteiger partial charge is 0.406 e. The van der Waals surface area contributed by atoms with Gasteiger partial charge in [-0.05, 0) is 25.5 Å². The van der Waals surface area contributed by atoms with E-state index in [2.05, 4.69) is 15.5 Å². The average Bonchev–Trinajstić information content (AvgIpc) is 2.72. The zero-order chi connectivity index (χ0) is 12.4. The van der Waals surface area contributed by atoms with Crippen LogP contribution in [0.25, 0.3) is 0 Å². The second-order valence-electron chi connectivity index (χ2n) is 3.62. The predicted molar refractivity (Wildman–Crippen MR) is 63.0 cm³/mol. The van der Waals surface area contributed by atoms with Crippen molar-refractivity contribution in [2.24, 2.45) is 0 Å². The Kier molecular flexibility index (Phi) is 3.28. The van der Waals surface area contributed by atoms with Gasteiger partial charge in [0.1, 0.15) is 11.2 Å². The zero-order valence-corrected chi connectivity index (χ0v) is 10.1. The van der Waals surface area contributed by atoms with Crippen LogP contribution in [0.2, 0.25) is 0 Å². The summed E-state index contributed by atoms with van der Waals surface area (Å²) < 4.78 is 18.8. The van der Waals surface area contributed by atoms with E-state index >= 15 is 0 Å². The highest BCUT2D eigenvalue weighted by atomic mass is 35.5. The van der Waals surface area contributed by atoms with Crippen LogP contribution in [-0.2, 0) is 0 Å². The number of aromatic nitrogens is 2. The van der Waals surface area contributed by atoms with Crippen molar-refractivity contribution in [2.75, 3.05) is 5.32 Å². The molecule has 6 heteroatoms. The minimum absolute atomic E-state index is 0.126. The van der Waals surface area contributed by atoms with Gasteiger partial charge in [-0.15, -0.1) is 16.7 Å². The summed E-state index contributed by atoms with van der Waals surface area (Å²) in [7, 11) is 0. The molecule has 1 aromatic carbocycles. The SMILES string of the molecule is Cc1cccc(F)c1Nc1nnc(C(C)Cl)o1. The summed E-state index contributed by atoms with van der Waals surface area (Å²) in [4.78, 5) is 0. The Balaban J connectivity index is 2.25. The maximum Gasteiger partial charge on any atom is 0.320 e. The number of anilines is 2. The van der Waals surface area contributed by atoms with Crippen molar-refractivity contribution in [1.82, 2.24) is 10.2 Å². The normalized spacial score (nSPS) is 12.5. The second-order valence-corrected chi connectivity index (χ2v) is 4.27. The first-order valence-corrected chi connectivity index (χ1v) is 5.51. The Morgan fingerprint density at radius 1 is 1.41 bits per heavy atom. The summed E-state index contributed by atoms with van der Waals surface area (Å²) in [5.74, 6) is -0.0770. The van der Waals surface area contributed by atoms with Crippen LogP contribution in [0.15, 0.2) is 22.6 Å². The molecule has 2 rings (SSSR count). The molecule has 2 aromatic rings. The van der Waals surface area contributed by atoms with Crippen molar-refractivity contribution in [1.29, 1.82) is 0 Å². The van der Waals surface area contributed by atoms with Crippen molar-refractivity contribution < 1.29 is 8.81 Å². The summed E-state index contributed by atoms with van der Waals surface area (Å²) in [6, 6.07) is 4.90. The molecule has 0 spiro atoms. The first-order valence-electron chi connectivity index (χ1n) is 5.07. The Bertz CT molecular complexity index is 507. The van der Waals surface area contributed by atoms with E-state index in [1.807, 2.05) is 0 Å². The van der Waals surface area contributed by atoms with Crippen molar-refractivity contribution >= 4 is 23.3 Å². The number of hydrogen-bond donors (Lipinski definition) is 1. The molecular weight excluding hydrogens is 245 g/mol. The lowest BCUT2D eigenvalue weighted by Gasteiger charge is -2.06. The van der Waals surface area contributed by atoms with Gasteiger partial charge >= 0.3 is 6.01 Å². The highest BCUT2D eigenvalue weighted by Gasteiger charge is 2.13. The number of aryl methyl sites for hydroxylation is 1. The molecule has 0 amide bonds. The molecule has 0 aliphatic heterocycles. The molecule has 1 aromatic heterocycles. The number of nitrogens with one attached hydrogen (secondary N) is 1. The van der Waals surface area contributed by atoms with Gasteiger partial charge in [0, 0.05) is 0 Å². The number of alkyl halides is 1. The van der Waals surface area contributed by atoms with Gasteiger partial charge in [-0.3, -0.25) is 0 Å². The Morgan fingerprint density at radius 2 is 2.18 bits per heavy atom. The fraction of sp³-hybridized carbons (Fsp3) is 0.273. The van der Waals surface area contributed by atoms with Gasteiger partial charge in [0.2, 0.25) is 5.89 Å². The maximum absolute atomic E-state index is 13.5.